The molecule has 18 heavy (non-hydrogen) atoms. The van der Waals surface area contributed by atoms with Crippen molar-refractivity contribution in [2.45, 2.75) is 19.8 Å². The number of hydrogen-bond acceptors (Lipinski definition) is 4. The molecular weight excluding hydrogens is 232 g/mol. The summed E-state index contributed by atoms with van der Waals surface area (Å²) in [5.41, 5.74) is 1.97. The Morgan fingerprint density at radius 1 is 1.50 bits per heavy atom. The maximum atomic E-state index is 11.6. The zero-order chi connectivity index (χ0) is 13.4. The lowest BCUT2D eigenvalue weighted by molar-refractivity contribution is -0.116. The summed E-state index contributed by atoms with van der Waals surface area (Å²) in [6.45, 7) is 2.27. The van der Waals surface area contributed by atoms with Crippen molar-refractivity contribution >= 4 is 17.3 Å². The molecule has 2 N–H and O–H groups in total. The molecule has 1 rings (SSSR count). The third-order valence-corrected chi connectivity index (χ3v) is 2.47. The highest BCUT2D eigenvalue weighted by molar-refractivity contribution is 6.00. The van der Waals surface area contributed by atoms with Crippen LogP contribution in [-0.2, 0) is 9.53 Å². The number of benzene rings is 1. The molecule has 0 heterocycles. The molecule has 0 fully saturated rings. The van der Waals surface area contributed by atoms with Gasteiger partial charge < -0.3 is 15.3 Å². The van der Waals surface area contributed by atoms with Crippen LogP contribution < -0.4 is 5.32 Å². The summed E-state index contributed by atoms with van der Waals surface area (Å²) in [6.07, 6.45) is 1.12. The van der Waals surface area contributed by atoms with Crippen molar-refractivity contribution in [2.24, 2.45) is 5.16 Å². The Labute approximate surface area is 106 Å². The second-order valence-electron chi connectivity index (χ2n) is 3.91. The highest BCUT2D eigenvalue weighted by atomic mass is 16.5. The molecule has 1 aromatic carbocycles. The number of amides is 1. The van der Waals surface area contributed by atoms with Gasteiger partial charge in [0.25, 0.3) is 0 Å². The van der Waals surface area contributed by atoms with Crippen LogP contribution in [0.2, 0.25) is 0 Å². The molecule has 0 radical (unpaired) electrons. The van der Waals surface area contributed by atoms with Crippen molar-refractivity contribution in [2.75, 3.05) is 19.0 Å². The van der Waals surface area contributed by atoms with Crippen molar-refractivity contribution in [3.05, 3.63) is 29.8 Å². The molecular formula is C13H18N2O3. The van der Waals surface area contributed by atoms with Gasteiger partial charge in [-0.1, -0.05) is 17.3 Å². The number of nitrogens with zero attached hydrogens (tertiary/aromatic N) is 1. The first-order chi connectivity index (χ1) is 8.67. The normalized spacial score (nSPS) is 11.3. The maximum Gasteiger partial charge on any atom is 0.224 e. The summed E-state index contributed by atoms with van der Waals surface area (Å²) < 4.78 is 4.88. The highest BCUT2D eigenvalue weighted by Crippen LogP contribution is 2.12. The summed E-state index contributed by atoms with van der Waals surface area (Å²) in [6, 6.07) is 7.18. The summed E-state index contributed by atoms with van der Waals surface area (Å²) >= 11 is 0. The molecule has 98 valence electrons. The first-order valence-corrected chi connectivity index (χ1v) is 5.75. The van der Waals surface area contributed by atoms with E-state index < -0.39 is 0 Å². The average molecular weight is 250 g/mol. The van der Waals surface area contributed by atoms with Gasteiger partial charge in [0.2, 0.25) is 5.91 Å². The van der Waals surface area contributed by atoms with E-state index in [1.165, 1.54) is 0 Å². The van der Waals surface area contributed by atoms with Gasteiger partial charge in [0.05, 0.1) is 5.71 Å². The number of rotatable bonds is 6. The van der Waals surface area contributed by atoms with E-state index in [-0.39, 0.29) is 5.91 Å². The number of anilines is 1. The predicted octanol–water partition coefficient (Wildman–Crippen LogP) is 2.25. The number of carbonyl (C=O) groups is 1. The lowest BCUT2D eigenvalue weighted by Crippen LogP contribution is -2.12. The largest absolute Gasteiger partial charge is 0.411 e. The Hall–Kier alpha value is -1.88. The van der Waals surface area contributed by atoms with Crippen LogP contribution in [-0.4, -0.2) is 30.5 Å². The molecule has 0 aliphatic carbocycles. The molecule has 0 unspecified atom stereocenters. The van der Waals surface area contributed by atoms with Crippen LogP contribution in [0.3, 0.4) is 0 Å². The van der Waals surface area contributed by atoms with Crippen LogP contribution in [0, 0.1) is 0 Å². The Balaban J connectivity index is 2.59. The van der Waals surface area contributed by atoms with E-state index in [0.717, 1.165) is 5.56 Å². The lowest BCUT2D eigenvalue weighted by atomic mass is 10.1. The Morgan fingerprint density at radius 2 is 2.28 bits per heavy atom. The first-order valence-electron chi connectivity index (χ1n) is 5.75. The van der Waals surface area contributed by atoms with E-state index in [9.17, 15) is 4.79 Å². The molecule has 5 nitrogen and oxygen atoms in total. The smallest absolute Gasteiger partial charge is 0.224 e. The third kappa shape index (κ3) is 4.55. The number of hydrogen-bond donors (Lipinski definition) is 2. The Bertz CT molecular complexity index is 430. The molecule has 1 amide bonds. The summed E-state index contributed by atoms with van der Waals surface area (Å²) in [5, 5.41) is 14.6. The summed E-state index contributed by atoms with van der Waals surface area (Å²) in [5.74, 6) is -0.0530. The first kappa shape index (κ1) is 14.2. The van der Waals surface area contributed by atoms with Crippen LogP contribution in [0.4, 0.5) is 5.69 Å². The fraction of sp³-hybridized carbons (Fsp3) is 0.385. The SMILES string of the molecule is COCCCC(=O)Nc1cccc(C(C)=NO)c1. The fourth-order valence-electron chi connectivity index (χ4n) is 1.48. The molecule has 0 saturated heterocycles. The van der Waals surface area contributed by atoms with Crippen molar-refractivity contribution in [3.8, 4) is 0 Å². The summed E-state index contributed by atoms with van der Waals surface area (Å²) in [7, 11) is 1.61. The minimum Gasteiger partial charge on any atom is -0.411 e. The molecule has 5 heteroatoms. The standard InChI is InChI=1S/C13H18N2O3/c1-10(15-17)11-5-3-6-12(9-11)14-13(16)7-4-8-18-2/h3,5-6,9,17H,4,7-8H2,1-2H3,(H,14,16). The van der Waals surface area contributed by atoms with Crippen LogP contribution in [0.15, 0.2) is 29.4 Å². The van der Waals surface area contributed by atoms with Crippen LogP contribution >= 0.6 is 0 Å². The molecule has 0 aliphatic rings. The molecule has 0 atom stereocenters. The van der Waals surface area contributed by atoms with Gasteiger partial charge >= 0.3 is 0 Å². The van der Waals surface area contributed by atoms with Gasteiger partial charge in [-0.05, 0) is 25.5 Å². The van der Waals surface area contributed by atoms with Gasteiger partial charge in [-0.2, -0.15) is 0 Å². The summed E-state index contributed by atoms with van der Waals surface area (Å²) in [4.78, 5) is 11.6. The van der Waals surface area contributed by atoms with Crippen molar-refractivity contribution < 1.29 is 14.7 Å². The monoisotopic (exact) mass is 250 g/mol. The lowest BCUT2D eigenvalue weighted by Gasteiger charge is -2.06. The minimum atomic E-state index is -0.0530. The van der Waals surface area contributed by atoms with Crippen molar-refractivity contribution in [1.82, 2.24) is 0 Å². The maximum absolute atomic E-state index is 11.6. The zero-order valence-corrected chi connectivity index (χ0v) is 10.6. The number of nitrogens with one attached hydrogen (secondary N) is 1. The van der Waals surface area contributed by atoms with E-state index in [1.807, 2.05) is 6.07 Å². The highest BCUT2D eigenvalue weighted by Gasteiger charge is 2.04. The third-order valence-electron chi connectivity index (χ3n) is 2.47. The number of oxime groups is 1. The van der Waals surface area contributed by atoms with Gasteiger partial charge in [0.15, 0.2) is 0 Å². The van der Waals surface area contributed by atoms with Gasteiger partial charge in [0.1, 0.15) is 0 Å². The molecule has 0 bridgehead atoms. The van der Waals surface area contributed by atoms with Crippen molar-refractivity contribution in [3.63, 3.8) is 0 Å². The van der Waals surface area contributed by atoms with E-state index >= 15 is 0 Å². The number of methoxy groups -OCH3 is 1. The van der Waals surface area contributed by atoms with E-state index in [4.69, 9.17) is 9.94 Å². The van der Waals surface area contributed by atoms with E-state index in [2.05, 4.69) is 10.5 Å². The van der Waals surface area contributed by atoms with Gasteiger partial charge in [-0.3, -0.25) is 4.79 Å². The molecule has 0 aliphatic heterocycles. The van der Waals surface area contributed by atoms with Crippen LogP contribution in [0.25, 0.3) is 0 Å². The van der Waals surface area contributed by atoms with Gasteiger partial charge in [-0.25, -0.2) is 0 Å². The van der Waals surface area contributed by atoms with Gasteiger partial charge in [0, 0.05) is 31.4 Å². The van der Waals surface area contributed by atoms with E-state index in [1.54, 1.807) is 32.2 Å². The van der Waals surface area contributed by atoms with Crippen LogP contribution in [0.5, 0.6) is 0 Å². The Kier molecular flexibility index (Phi) is 5.87. The fourth-order valence-corrected chi connectivity index (χ4v) is 1.48. The molecule has 1 aromatic rings. The molecule has 0 saturated carbocycles. The molecule has 0 spiro atoms. The number of ether oxygens (including phenoxy) is 1. The number of carbonyl (C=O) groups excluding carboxylic acids is 1. The molecule has 0 aromatic heterocycles. The average Bonchev–Trinajstić information content (AvgIpc) is 2.38. The predicted molar refractivity (Wildman–Crippen MR) is 70.2 cm³/mol. The minimum absolute atomic E-state index is 0.0530. The quantitative estimate of drug-likeness (QED) is 0.352. The second kappa shape index (κ2) is 7.45. The van der Waals surface area contributed by atoms with E-state index in [0.29, 0.717) is 30.8 Å². The second-order valence-corrected chi connectivity index (χ2v) is 3.91. The van der Waals surface area contributed by atoms with Crippen molar-refractivity contribution in [1.29, 1.82) is 0 Å². The zero-order valence-electron chi connectivity index (χ0n) is 10.6. The Morgan fingerprint density at radius 3 is 2.94 bits per heavy atom. The topological polar surface area (TPSA) is 70.9 Å². The van der Waals surface area contributed by atoms with Gasteiger partial charge in [-0.15, -0.1) is 0 Å². The van der Waals surface area contributed by atoms with Crippen LogP contribution in [0.1, 0.15) is 25.3 Å².